The van der Waals surface area contributed by atoms with Gasteiger partial charge in [0.2, 0.25) is 0 Å². The normalized spacial score (nSPS) is 10.2. The molecule has 0 atom stereocenters. The van der Waals surface area contributed by atoms with Crippen LogP contribution in [0.2, 0.25) is 0 Å². The molecule has 0 unspecified atom stereocenters. The molecule has 2 rings (SSSR count). The third-order valence-corrected chi connectivity index (χ3v) is 2.62. The van der Waals surface area contributed by atoms with Gasteiger partial charge in [-0.3, -0.25) is 9.59 Å². The SMILES string of the molecule is CCc1ccc(-c2cc(C=O)c(=O)[nH]n2)cc1. The maximum Gasteiger partial charge on any atom is 0.274 e. The molecule has 0 bridgehead atoms. The van der Waals surface area contributed by atoms with E-state index in [-0.39, 0.29) is 5.56 Å². The van der Waals surface area contributed by atoms with Crippen molar-refractivity contribution in [2.45, 2.75) is 13.3 Å². The van der Waals surface area contributed by atoms with Crippen molar-refractivity contribution in [1.29, 1.82) is 0 Å². The highest BCUT2D eigenvalue weighted by Gasteiger charge is 2.04. The Balaban J connectivity index is 2.45. The molecule has 17 heavy (non-hydrogen) atoms. The van der Waals surface area contributed by atoms with Gasteiger partial charge in [0, 0.05) is 5.56 Å². The van der Waals surface area contributed by atoms with Crippen molar-refractivity contribution in [1.82, 2.24) is 10.2 Å². The van der Waals surface area contributed by atoms with Crippen molar-refractivity contribution in [3.05, 3.63) is 51.8 Å². The zero-order valence-electron chi connectivity index (χ0n) is 9.43. The molecular formula is C13H12N2O2. The molecular weight excluding hydrogens is 216 g/mol. The highest BCUT2D eigenvalue weighted by Crippen LogP contribution is 2.16. The number of aromatic amines is 1. The number of aromatic nitrogens is 2. The van der Waals surface area contributed by atoms with Crippen molar-refractivity contribution < 1.29 is 4.79 Å². The lowest BCUT2D eigenvalue weighted by atomic mass is 10.1. The topological polar surface area (TPSA) is 62.8 Å². The number of nitrogens with one attached hydrogen (secondary N) is 1. The predicted octanol–water partition coefficient (Wildman–Crippen LogP) is 1.81. The predicted molar refractivity (Wildman–Crippen MR) is 65.1 cm³/mol. The molecule has 1 aromatic heterocycles. The molecule has 0 aliphatic carbocycles. The molecule has 0 saturated heterocycles. The van der Waals surface area contributed by atoms with Crippen LogP contribution in [0.25, 0.3) is 11.3 Å². The van der Waals surface area contributed by atoms with E-state index >= 15 is 0 Å². The second-order valence-electron chi connectivity index (χ2n) is 3.71. The van der Waals surface area contributed by atoms with E-state index in [9.17, 15) is 9.59 Å². The lowest BCUT2D eigenvalue weighted by molar-refractivity contribution is 0.112. The minimum atomic E-state index is -0.464. The van der Waals surface area contributed by atoms with Gasteiger partial charge in [-0.25, -0.2) is 5.10 Å². The number of carbonyl (C=O) groups excluding carboxylic acids is 1. The average Bonchev–Trinajstić information content (AvgIpc) is 2.39. The maximum atomic E-state index is 11.2. The van der Waals surface area contributed by atoms with E-state index in [0.717, 1.165) is 12.0 Å². The molecule has 0 saturated carbocycles. The summed E-state index contributed by atoms with van der Waals surface area (Å²) in [7, 11) is 0. The van der Waals surface area contributed by atoms with E-state index in [1.54, 1.807) is 0 Å². The van der Waals surface area contributed by atoms with E-state index in [1.807, 2.05) is 24.3 Å². The number of benzene rings is 1. The summed E-state index contributed by atoms with van der Waals surface area (Å²) in [6.07, 6.45) is 1.50. The molecule has 0 aliphatic rings. The van der Waals surface area contributed by atoms with Gasteiger partial charge in [0.25, 0.3) is 5.56 Å². The van der Waals surface area contributed by atoms with Crippen LogP contribution in [0.15, 0.2) is 35.1 Å². The van der Waals surface area contributed by atoms with Crippen molar-refractivity contribution >= 4 is 6.29 Å². The van der Waals surface area contributed by atoms with Gasteiger partial charge < -0.3 is 0 Å². The molecule has 2 aromatic rings. The van der Waals surface area contributed by atoms with Crippen LogP contribution in [0.4, 0.5) is 0 Å². The number of aryl methyl sites for hydroxylation is 1. The molecule has 4 heteroatoms. The van der Waals surface area contributed by atoms with Crippen molar-refractivity contribution in [2.24, 2.45) is 0 Å². The fourth-order valence-electron chi connectivity index (χ4n) is 1.57. The first-order valence-corrected chi connectivity index (χ1v) is 5.39. The van der Waals surface area contributed by atoms with Crippen LogP contribution in [0.1, 0.15) is 22.8 Å². The van der Waals surface area contributed by atoms with E-state index in [2.05, 4.69) is 17.1 Å². The summed E-state index contributed by atoms with van der Waals surface area (Å²) in [4.78, 5) is 21.8. The summed E-state index contributed by atoms with van der Waals surface area (Å²) in [5.41, 5.74) is 2.33. The summed E-state index contributed by atoms with van der Waals surface area (Å²) in [6, 6.07) is 9.35. The molecule has 0 amide bonds. The fourth-order valence-corrected chi connectivity index (χ4v) is 1.57. The zero-order chi connectivity index (χ0) is 12.3. The molecule has 0 aliphatic heterocycles. The second kappa shape index (κ2) is 4.74. The van der Waals surface area contributed by atoms with Gasteiger partial charge in [-0.1, -0.05) is 31.2 Å². The number of nitrogens with zero attached hydrogens (tertiary/aromatic N) is 1. The van der Waals surface area contributed by atoms with E-state index in [1.165, 1.54) is 11.6 Å². The quantitative estimate of drug-likeness (QED) is 0.815. The zero-order valence-corrected chi connectivity index (χ0v) is 9.43. The lowest BCUT2D eigenvalue weighted by Crippen LogP contribution is -2.13. The number of aldehydes is 1. The third kappa shape index (κ3) is 2.30. The summed E-state index contributed by atoms with van der Waals surface area (Å²) in [5, 5.41) is 6.23. The van der Waals surface area contributed by atoms with Gasteiger partial charge in [0.15, 0.2) is 6.29 Å². The number of carbonyl (C=O) groups is 1. The van der Waals surface area contributed by atoms with Crippen molar-refractivity contribution in [3.63, 3.8) is 0 Å². The minimum Gasteiger partial charge on any atom is -0.298 e. The Hall–Kier alpha value is -2.23. The Labute approximate surface area is 98.3 Å². The molecule has 1 aromatic carbocycles. The van der Waals surface area contributed by atoms with Crippen LogP contribution < -0.4 is 5.56 Å². The molecule has 86 valence electrons. The highest BCUT2D eigenvalue weighted by molar-refractivity contribution is 5.76. The Morgan fingerprint density at radius 2 is 2.00 bits per heavy atom. The number of rotatable bonds is 3. The van der Waals surface area contributed by atoms with E-state index in [0.29, 0.717) is 12.0 Å². The largest absolute Gasteiger partial charge is 0.298 e. The first-order valence-electron chi connectivity index (χ1n) is 5.39. The molecule has 0 fully saturated rings. The first kappa shape index (κ1) is 11.3. The molecule has 1 N–H and O–H groups in total. The van der Waals surface area contributed by atoms with Crippen LogP contribution in [0.3, 0.4) is 0 Å². The minimum absolute atomic E-state index is 0.0922. The van der Waals surface area contributed by atoms with Crippen LogP contribution in [0.5, 0.6) is 0 Å². The highest BCUT2D eigenvalue weighted by atomic mass is 16.1. The average molecular weight is 228 g/mol. The van der Waals surface area contributed by atoms with Gasteiger partial charge >= 0.3 is 0 Å². The number of hydrogen-bond donors (Lipinski definition) is 1. The standard InChI is InChI=1S/C13H12N2O2/c1-2-9-3-5-10(6-4-9)12-7-11(8-16)13(17)15-14-12/h3-8H,2H2,1H3,(H,15,17). The molecule has 1 heterocycles. The van der Waals surface area contributed by atoms with Crippen LogP contribution in [-0.2, 0) is 6.42 Å². The van der Waals surface area contributed by atoms with Gasteiger partial charge in [0.1, 0.15) is 0 Å². The Morgan fingerprint density at radius 3 is 2.59 bits per heavy atom. The number of H-pyrrole nitrogens is 1. The first-order chi connectivity index (χ1) is 8.24. The van der Waals surface area contributed by atoms with E-state index < -0.39 is 5.56 Å². The lowest BCUT2D eigenvalue weighted by Gasteiger charge is -2.02. The van der Waals surface area contributed by atoms with Gasteiger partial charge in [0.05, 0.1) is 11.3 Å². The van der Waals surface area contributed by atoms with Gasteiger partial charge in [-0.05, 0) is 18.1 Å². The second-order valence-corrected chi connectivity index (χ2v) is 3.71. The van der Waals surface area contributed by atoms with Crippen LogP contribution in [-0.4, -0.2) is 16.5 Å². The number of hydrogen-bond acceptors (Lipinski definition) is 3. The summed E-state index contributed by atoms with van der Waals surface area (Å²) in [6.45, 7) is 2.08. The van der Waals surface area contributed by atoms with Crippen molar-refractivity contribution in [3.8, 4) is 11.3 Å². The summed E-state index contributed by atoms with van der Waals surface area (Å²) in [5.74, 6) is 0. The smallest absolute Gasteiger partial charge is 0.274 e. The monoisotopic (exact) mass is 228 g/mol. The van der Waals surface area contributed by atoms with Crippen LogP contribution in [0, 0.1) is 0 Å². The van der Waals surface area contributed by atoms with Gasteiger partial charge in [-0.15, -0.1) is 0 Å². The Bertz CT molecular complexity index is 585. The van der Waals surface area contributed by atoms with E-state index in [4.69, 9.17) is 0 Å². The van der Waals surface area contributed by atoms with Crippen LogP contribution >= 0.6 is 0 Å². The Morgan fingerprint density at radius 1 is 1.29 bits per heavy atom. The third-order valence-electron chi connectivity index (χ3n) is 2.62. The molecule has 0 radical (unpaired) electrons. The van der Waals surface area contributed by atoms with Crippen molar-refractivity contribution in [2.75, 3.05) is 0 Å². The summed E-state index contributed by atoms with van der Waals surface area (Å²) < 4.78 is 0. The Kier molecular flexibility index (Phi) is 3.14. The fraction of sp³-hybridized carbons (Fsp3) is 0.154. The van der Waals surface area contributed by atoms with Gasteiger partial charge in [-0.2, -0.15) is 5.10 Å². The molecule has 0 spiro atoms. The summed E-state index contributed by atoms with van der Waals surface area (Å²) >= 11 is 0. The molecule has 4 nitrogen and oxygen atoms in total. The maximum absolute atomic E-state index is 11.2.